The number of benzene rings is 1. The second kappa shape index (κ2) is 5.54. The van der Waals surface area contributed by atoms with Gasteiger partial charge in [-0.3, -0.25) is 4.98 Å². The second-order valence-corrected chi connectivity index (χ2v) is 5.08. The smallest absolute Gasteiger partial charge is 0.223 e. The predicted octanol–water partition coefficient (Wildman–Crippen LogP) is 4.14. The van der Waals surface area contributed by atoms with Gasteiger partial charge in [0.15, 0.2) is 0 Å². The van der Waals surface area contributed by atoms with Crippen molar-refractivity contribution >= 4 is 26.8 Å². The van der Waals surface area contributed by atoms with Crippen molar-refractivity contribution < 1.29 is 4.74 Å². The number of aryl methyl sites for hydroxylation is 1. The van der Waals surface area contributed by atoms with Gasteiger partial charge in [-0.15, -0.1) is 0 Å². The number of ether oxygens (including phenoxy) is 1. The monoisotopic (exact) mass is 329 g/mol. The molecule has 0 unspecified atom stereocenters. The quantitative estimate of drug-likeness (QED) is 0.677. The van der Waals surface area contributed by atoms with Gasteiger partial charge in [-0.25, -0.2) is 4.98 Å². The van der Waals surface area contributed by atoms with Gasteiger partial charge in [-0.2, -0.15) is 4.98 Å². The lowest BCUT2D eigenvalue weighted by Crippen LogP contribution is -1.96. The SMILES string of the molecule is CCc1nc(Br)cc(Oc2cnc3ccccc3c2)n1. The van der Waals surface area contributed by atoms with Gasteiger partial charge in [0.25, 0.3) is 0 Å². The number of aromatic nitrogens is 3. The van der Waals surface area contributed by atoms with E-state index in [1.165, 1.54) is 0 Å². The fraction of sp³-hybridized carbons (Fsp3) is 0.133. The fourth-order valence-electron chi connectivity index (χ4n) is 1.88. The van der Waals surface area contributed by atoms with Gasteiger partial charge in [-0.1, -0.05) is 25.1 Å². The summed E-state index contributed by atoms with van der Waals surface area (Å²) in [5.74, 6) is 1.92. The van der Waals surface area contributed by atoms with Gasteiger partial charge in [0.1, 0.15) is 16.2 Å². The van der Waals surface area contributed by atoms with E-state index in [0.29, 0.717) is 16.2 Å². The minimum absolute atomic E-state index is 0.515. The molecular weight excluding hydrogens is 318 g/mol. The fourth-order valence-corrected chi connectivity index (χ4v) is 2.28. The van der Waals surface area contributed by atoms with Crippen LogP contribution >= 0.6 is 15.9 Å². The molecule has 0 bridgehead atoms. The Labute approximate surface area is 125 Å². The Bertz CT molecular complexity index is 761. The van der Waals surface area contributed by atoms with E-state index < -0.39 is 0 Å². The molecule has 100 valence electrons. The molecule has 2 heterocycles. The summed E-state index contributed by atoms with van der Waals surface area (Å²) in [7, 11) is 0. The lowest BCUT2D eigenvalue weighted by atomic mass is 10.2. The molecule has 5 heteroatoms. The molecule has 0 amide bonds. The Morgan fingerprint density at radius 3 is 2.85 bits per heavy atom. The Hall–Kier alpha value is -2.01. The maximum atomic E-state index is 5.77. The third-order valence-electron chi connectivity index (χ3n) is 2.82. The molecule has 0 radical (unpaired) electrons. The van der Waals surface area contributed by atoms with Crippen molar-refractivity contribution in [1.82, 2.24) is 15.0 Å². The summed E-state index contributed by atoms with van der Waals surface area (Å²) in [6.07, 6.45) is 2.45. The molecule has 2 aromatic heterocycles. The summed E-state index contributed by atoms with van der Waals surface area (Å²) in [6, 6.07) is 11.6. The number of hydrogen-bond donors (Lipinski definition) is 0. The number of fused-ring (bicyclic) bond motifs is 1. The minimum atomic E-state index is 0.515. The lowest BCUT2D eigenvalue weighted by Gasteiger charge is -2.07. The highest BCUT2D eigenvalue weighted by atomic mass is 79.9. The van der Waals surface area contributed by atoms with Crippen LogP contribution in [0.4, 0.5) is 0 Å². The summed E-state index contributed by atoms with van der Waals surface area (Å²) in [6.45, 7) is 2.00. The first-order valence-corrected chi connectivity index (χ1v) is 7.10. The van der Waals surface area contributed by atoms with Crippen LogP contribution in [0.15, 0.2) is 47.2 Å². The van der Waals surface area contributed by atoms with E-state index in [4.69, 9.17) is 4.74 Å². The molecule has 0 fully saturated rings. The maximum absolute atomic E-state index is 5.77. The summed E-state index contributed by atoms with van der Waals surface area (Å²) in [4.78, 5) is 13.0. The van der Waals surface area contributed by atoms with Crippen LogP contribution in [0.2, 0.25) is 0 Å². The topological polar surface area (TPSA) is 47.9 Å². The molecule has 0 saturated heterocycles. The van der Waals surface area contributed by atoms with Crippen molar-refractivity contribution in [3.05, 3.63) is 53.0 Å². The standard InChI is InChI=1S/C15H12BrN3O/c1-2-14-18-13(16)8-15(19-14)20-11-7-10-5-3-4-6-12(10)17-9-11/h3-9H,2H2,1H3. The number of rotatable bonds is 3. The zero-order valence-electron chi connectivity index (χ0n) is 10.9. The highest BCUT2D eigenvalue weighted by Crippen LogP contribution is 2.24. The average Bonchev–Trinajstić information content (AvgIpc) is 2.46. The van der Waals surface area contributed by atoms with Crippen LogP contribution in [-0.2, 0) is 6.42 Å². The highest BCUT2D eigenvalue weighted by Gasteiger charge is 2.05. The van der Waals surface area contributed by atoms with Crippen LogP contribution in [-0.4, -0.2) is 15.0 Å². The highest BCUT2D eigenvalue weighted by molar-refractivity contribution is 9.10. The van der Waals surface area contributed by atoms with Crippen molar-refractivity contribution in [3.63, 3.8) is 0 Å². The summed E-state index contributed by atoms with van der Waals surface area (Å²) in [5.41, 5.74) is 0.943. The molecule has 4 nitrogen and oxygen atoms in total. The molecule has 0 aliphatic rings. The molecule has 3 rings (SSSR count). The van der Waals surface area contributed by atoms with Crippen LogP contribution < -0.4 is 4.74 Å². The number of nitrogens with zero attached hydrogens (tertiary/aromatic N) is 3. The van der Waals surface area contributed by atoms with Crippen molar-refractivity contribution in [2.75, 3.05) is 0 Å². The van der Waals surface area contributed by atoms with Crippen molar-refractivity contribution in [3.8, 4) is 11.6 Å². The first-order chi connectivity index (χ1) is 9.74. The number of pyridine rings is 1. The third-order valence-corrected chi connectivity index (χ3v) is 3.23. The first-order valence-electron chi connectivity index (χ1n) is 6.30. The molecule has 0 N–H and O–H groups in total. The molecular formula is C15H12BrN3O. The zero-order valence-corrected chi connectivity index (χ0v) is 12.5. The van der Waals surface area contributed by atoms with E-state index in [-0.39, 0.29) is 0 Å². The Morgan fingerprint density at radius 1 is 1.15 bits per heavy atom. The molecule has 0 aliphatic carbocycles. The summed E-state index contributed by atoms with van der Waals surface area (Å²) in [5, 5.41) is 1.04. The van der Waals surface area contributed by atoms with E-state index in [1.807, 2.05) is 37.3 Å². The van der Waals surface area contributed by atoms with Crippen LogP contribution in [0, 0.1) is 0 Å². The Morgan fingerprint density at radius 2 is 2.00 bits per heavy atom. The van der Waals surface area contributed by atoms with E-state index in [2.05, 4.69) is 30.9 Å². The first kappa shape index (κ1) is 13.0. The van der Waals surface area contributed by atoms with E-state index in [1.54, 1.807) is 12.3 Å². The Kier molecular flexibility index (Phi) is 3.60. The maximum Gasteiger partial charge on any atom is 0.223 e. The Balaban J connectivity index is 1.94. The largest absolute Gasteiger partial charge is 0.437 e. The summed E-state index contributed by atoms with van der Waals surface area (Å²) >= 11 is 3.36. The van der Waals surface area contributed by atoms with Crippen molar-refractivity contribution in [1.29, 1.82) is 0 Å². The van der Waals surface area contributed by atoms with Crippen LogP contribution in [0.25, 0.3) is 10.9 Å². The molecule has 0 spiro atoms. The molecule has 0 atom stereocenters. The van der Waals surface area contributed by atoms with Gasteiger partial charge in [0.2, 0.25) is 5.88 Å². The summed E-state index contributed by atoms with van der Waals surface area (Å²) < 4.78 is 6.48. The molecule has 3 aromatic rings. The van der Waals surface area contributed by atoms with E-state index in [9.17, 15) is 0 Å². The molecule has 20 heavy (non-hydrogen) atoms. The van der Waals surface area contributed by atoms with E-state index in [0.717, 1.165) is 23.1 Å². The minimum Gasteiger partial charge on any atom is -0.437 e. The predicted molar refractivity (Wildman–Crippen MR) is 80.9 cm³/mol. The normalized spacial score (nSPS) is 10.7. The molecule has 0 aliphatic heterocycles. The number of halogens is 1. The van der Waals surface area contributed by atoms with Crippen molar-refractivity contribution in [2.45, 2.75) is 13.3 Å². The number of hydrogen-bond acceptors (Lipinski definition) is 4. The van der Waals surface area contributed by atoms with Crippen molar-refractivity contribution in [2.24, 2.45) is 0 Å². The zero-order chi connectivity index (χ0) is 13.9. The van der Waals surface area contributed by atoms with Gasteiger partial charge >= 0.3 is 0 Å². The van der Waals surface area contributed by atoms with Gasteiger partial charge in [0.05, 0.1) is 11.7 Å². The van der Waals surface area contributed by atoms with Crippen LogP contribution in [0.1, 0.15) is 12.7 Å². The van der Waals surface area contributed by atoms with Crippen LogP contribution in [0.3, 0.4) is 0 Å². The van der Waals surface area contributed by atoms with Gasteiger partial charge < -0.3 is 4.74 Å². The van der Waals surface area contributed by atoms with E-state index >= 15 is 0 Å². The molecule has 0 saturated carbocycles. The van der Waals surface area contributed by atoms with Gasteiger partial charge in [0, 0.05) is 17.9 Å². The second-order valence-electron chi connectivity index (χ2n) is 4.26. The third kappa shape index (κ3) is 2.77. The average molecular weight is 330 g/mol. The van der Waals surface area contributed by atoms with Crippen LogP contribution in [0.5, 0.6) is 11.6 Å². The van der Waals surface area contributed by atoms with Gasteiger partial charge in [-0.05, 0) is 28.1 Å². The molecule has 1 aromatic carbocycles. The lowest BCUT2D eigenvalue weighted by molar-refractivity contribution is 0.457. The number of para-hydroxylation sites is 1.